The van der Waals surface area contributed by atoms with Crippen LogP contribution in [0.25, 0.3) is 11.4 Å². The minimum atomic E-state index is -0.280. The Labute approximate surface area is 104 Å². The van der Waals surface area contributed by atoms with Crippen molar-refractivity contribution >= 4 is 0 Å². The molecule has 5 heteroatoms. The molecule has 18 heavy (non-hydrogen) atoms. The number of hydrogen-bond acceptors (Lipinski definition) is 3. The molecule has 0 unspecified atom stereocenters. The molecule has 0 bridgehead atoms. The first-order valence-corrected chi connectivity index (χ1v) is 5.88. The molecule has 94 valence electrons. The molecule has 1 aromatic heterocycles. The Morgan fingerprint density at radius 3 is 3.17 bits per heavy atom. The van der Waals surface area contributed by atoms with Crippen LogP contribution in [0.4, 0.5) is 4.39 Å². The zero-order valence-electron chi connectivity index (χ0n) is 10.1. The lowest BCUT2D eigenvalue weighted by Crippen LogP contribution is -2.28. The van der Waals surface area contributed by atoms with Crippen molar-refractivity contribution in [3.05, 3.63) is 35.9 Å². The van der Waals surface area contributed by atoms with Gasteiger partial charge in [0.25, 0.3) is 0 Å². The molecule has 1 N–H and O–H groups in total. The van der Waals surface area contributed by atoms with Crippen LogP contribution in [0.15, 0.2) is 24.4 Å². The Hall–Kier alpha value is -1.88. The summed E-state index contributed by atoms with van der Waals surface area (Å²) in [6, 6.07) is 4.49. The van der Waals surface area contributed by atoms with Gasteiger partial charge in [0.15, 0.2) is 0 Å². The lowest BCUT2D eigenvalue weighted by Gasteiger charge is -2.18. The molecule has 1 aromatic carbocycles. The highest BCUT2D eigenvalue weighted by Gasteiger charge is 2.18. The molecule has 3 rings (SSSR count). The fourth-order valence-corrected chi connectivity index (χ4v) is 2.28. The number of rotatable bonds is 2. The third-order valence-electron chi connectivity index (χ3n) is 3.16. The Morgan fingerprint density at radius 1 is 1.44 bits per heavy atom. The summed E-state index contributed by atoms with van der Waals surface area (Å²) in [6.07, 6.45) is 1.83. The van der Waals surface area contributed by atoms with Crippen LogP contribution in [0.5, 0.6) is 5.75 Å². The van der Waals surface area contributed by atoms with Crippen LogP contribution in [-0.2, 0) is 13.1 Å². The quantitative estimate of drug-likeness (QED) is 0.879. The standard InChI is InChI=1S/C13H14FN3O/c1-18-12-3-2-9(14)6-11(12)13-16-8-10-7-15-4-5-17(10)13/h2-3,6,8,15H,4-5,7H2,1H3. The second-order valence-electron chi connectivity index (χ2n) is 4.25. The molecule has 0 saturated carbocycles. The second kappa shape index (κ2) is 4.42. The number of fused-ring (bicyclic) bond motifs is 1. The summed E-state index contributed by atoms with van der Waals surface area (Å²) in [5.74, 6) is 1.13. The van der Waals surface area contributed by atoms with E-state index < -0.39 is 0 Å². The van der Waals surface area contributed by atoms with Gasteiger partial charge < -0.3 is 14.6 Å². The third kappa shape index (κ3) is 1.76. The first-order chi connectivity index (χ1) is 8.79. The predicted molar refractivity (Wildman–Crippen MR) is 65.9 cm³/mol. The molecule has 0 radical (unpaired) electrons. The number of halogens is 1. The number of hydrogen-bond donors (Lipinski definition) is 1. The predicted octanol–water partition coefficient (Wildman–Crippen LogP) is 1.80. The van der Waals surface area contributed by atoms with Crippen molar-refractivity contribution < 1.29 is 9.13 Å². The summed E-state index contributed by atoms with van der Waals surface area (Å²) in [7, 11) is 1.58. The number of methoxy groups -OCH3 is 1. The molecule has 2 aromatic rings. The first-order valence-electron chi connectivity index (χ1n) is 5.88. The van der Waals surface area contributed by atoms with E-state index in [1.165, 1.54) is 12.1 Å². The van der Waals surface area contributed by atoms with Gasteiger partial charge >= 0.3 is 0 Å². The van der Waals surface area contributed by atoms with Gasteiger partial charge in [0.1, 0.15) is 17.4 Å². The topological polar surface area (TPSA) is 39.1 Å². The molecule has 0 amide bonds. The Morgan fingerprint density at radius 2 is 2.33 bits per heavy atom. The van der Waals surface area contributed by atoms with Gasteiger partial charge in [-0.3, -0.25) is 0 Å². The highest BCUT2D eigenvalue weighted by Crippen LogP contribution is 2.30. The molecule has 0 aliphatic carbocycles. The van der Waals surface area contributed by atoms with Crippen molar-refractivity contribution in [2.45, 2.75) is 13.1 Å². The summed E-state index contributed by atoms with van der Waals surface area (Å²) >= 11 is 0. The minimum absolute atomic E-state index is 0.280. The monoisotopic (exact) mass is 247 g/mol. The molecule has 0 fully saturated rings. The Bertz CT molecular complexity index is 580. The number of benzene rings is 1. The summed E-state index contributed by atoms with van der Waals surface area (Å²) < 4.78 is 20.8. The minimum Gasteiger partial charge on any atom is -0.496 e. The van der Waals surface area contributed by atoms with E-state index >= 15 is 0 Å². The summed E-state index contributed by atoms with van der Waals surface area (Å²) in [4.78, 5) is 4.39. The van der Waals surface area contributed by atoms with Crippen LogP contribution < -0.4 is 10.1 Å². The van der Waals surface area contributed by atoms with Crippen molar-refractivity contribution in [3.8, 4) is 17.1 Å². The van der Waals surface area contributed by atoms with Crippen molar-refractivity contribution in [1.29, 1.82) is 0 Å². The van der Waals surface area contributed by atoms with E-state index in [2.05, 4.69) is 14.9 Å². The molecule has 0 atom stereocenters. The number of aromatic nitrogens is 2. The number of ether oxygens (including phenoxy) is 1. The van der Waals surface area contributed by atoms with Gasteiger partial charge in [-0.05, 0) is 18.2 Å². The van der Waals surface area contributed by atoms with Crippen LogP contribution in [0, 0.1) is 5.82 Å². The average Bonchev–Trinajstić information content (AvgIpc) is 2.82. The van der Waals surface area contributed by atoms with Gasteiger partial charge in [-0.25, -0.2) is 9.37 Å². The van der Waals surface area contributed by atoms with Crippen molar-refractivity contribution in [3.63, 3.8) is 0 Å². The van der Waals surface area contributed by atoms with Crippen LogP contribution in [0.3, 0.4) is 0 Å². The normalized spacial score (nSPS) is 14.3. The smallest absolute Gasteiger partial charge is 0.144 e. The first kappa shape index (κ1) is 11.2. The van der Waals surface area contributed by atoms with Crippen molar-refractivity contribution in [2.24, 2.45) is 0 Å². The number of nitrogens with one attached hydrogen (secondary N) is 1. The molecule has 1 aliphatic heterocycles. The van der Waals surface area contributed by atoms with Crippen LogP contribution in [0.2, 0.25) is 0 Å². The maximum atomic E-state index is 13.4. The van der Waals surface area contributed by atoms with E-state index in [1.54, 1.807) is 13.2 Å². The molecule has 0 spiro atoms. The fourth-order valence-electron chi connectivity index (χ4n) is 2.28. The van der Waals surface area contributed by atoms with E-state index in [0.717, 1.165) is 31.2 Å². The van der Waals surface area contributed by atoms with Gasteiger partial charge in [-0.15, -0.1) is 0 Å². The van der Waals surface area contributed by atoms with Gasteiger partial charge in [0.2, 0.25) is 0 Å². The molecular formula is C13H14FN3O. The third-order valence-corrected chi connectivity index (χ3v) is 3.16. The molecule has 4 nitrogen and oxygen atoms in total. The van der Waals surface area contributed by atoms with Gasteiger partial charge in [0.05, 0.1) is 24.6 Å². The lowest BCUT2D eigenvalue weighted by molar-refractivity contribution is 0.414. The Balaban J connectivity index is 2.14. The van der Waals surface area contributed by atoms with Crippen molar-refractivity contribution in [1.82, 2.24) is 14.9 Å². The zero-order valence-corrected chi connectivity index (χ0v) is 10.1. The number of imidazole rings is 1. The highest BCUT2D eigenvalue weighted by molar-refractivity contribution is 5.65. The van der Waals surface area contributed by atoms with E-state index in [1.807, 2.05) is 6.20 Å². The van der Waals surface area contributed by atoms with Crippen molar-refractivity contribution in [2.75, 3.05) is 13.7 Å². The lowest BCUT2D eigenvalue weighted by atomic mass is 10.1. The molecule has 2 heterocycles. The molecule has 0 saturated heterocycles. The zero-order chi connectivity index (χ0) is 12.5. The largest absolute Gasteiger partial charge is 0.496 e. The van der Waals surface area contributed by atoms with E-state index in [4.69, 9.17) is 4.74 Å². The van der Waals surface area contributed by atoms with Crippen LogP contribution in [-0.4, -0.2) is 23.2 Å². The van der Waals surface area contributed by atoms with Crippen LogP contribution >= 0.6 is 0 Å². The second-order valence-corrected chi connectivity index (χ2v) is 4.25. The van der Waals surface area contributed by atoms with Gasteiger partial charge in [-0.2, -0.15) is 0 Å². The van der Waals surface area contributed by atoms with E-state index in [9.17, 15) is 4.39 Å². The average molecular weight is 247 g/mol. The fraction of sp³-hybridized carbons (Fsp3) is 0.308. The molecular weight excluding hydrogens is 233 g/mol. The number of nitrogens with zero attached hydrogens (tertiary/aromatic N) is 2. The maximum absolute atomic E-state index is 13.4. The highest BCUT2D eigenvalue weighted by atomic mass is 19.1. The van der Waals surface area contributed by atoms with E-state index in [0.29, 0.717) is 11.3 Å². The SMILES string of the molecule is COc1ccc(F)cc1-c1ncc2n1CCNC2. The maximum Gasteiger partial charge on any atom is 0.144 e. The van der Waals surface area contributed by atoms with E-state index in [-0.39, 0.29) is 5.82 Å². The summed E-state index contributed by atoms with van der Waals surface area (Å²) in [6.45, 7) is 2.53. The van der Waals surface area contributed by atoms with Gasteiger partial charge in [0, 0.05) is 19.6 Å². The Kier molecular flexibility index (Phi) is 2.76. The van der Waals surface area contributed by atoms with Gasteiger partial charge in [-0.1, -0.05) is 0 Å². The summed E-state index contributed by atoms with van der Waals surface area (Å²) in [5, 5.41) is 3.28. The summed E-state index contributed by atoms with van der Waals surface area (Å²) in [5.41, 5.74) is 1.81. The van der Waals surface area contributed by atoms with Crippen LogP contribution in [0.1, 0.15) is 5.69 Å². The molecule has 1 aliphatic rings.